The Morgan fingerprint density at radius 1 is 1.71 bits per heavy atom. The van der Waals surface area contributed by atoms with Crippen LogP contribution in [0, 0.1) is 17.8 Å². The minimum absolute atomic E-state index is 0.0487. The highest BCUT2D eigenvalue weighted by Gasteiger charge is 2.39. The van der Waals surface area contributed by atoms with E-state index in [1.807, 2.05) is 13.8 Å². The molecule has 1 fully saturated rings. The molecule has 0 aromatic heterocycles. The molecule has 1 rings (SSSR count). The molecule has 3 nitrogen and oxygen atoms in total. The molecule has 1 unspecified atom stereocenters. The maximum atomic E-state index is 11.6. The third-order valence-corrected chi connectivity index (χ3v) is 2.73. The Kier molecular flexibility index (Phi) is 3.17. The summed E-state index contributed by atoms with van der Waals surface area (Å²) in [5, 5.41) is 9.67. The molecule has 1 saturated heterocycles. The summed E-state index contributed by atoms with van der Waals surface area (Å²) in [6, 6.07) is 0. The number of likely N-dealkylation sites (tertiary alicyclic amines) is 1. The third kappa shape index (κ3) is 2.27. The van der Waals surface area contributed by atoms with Crippen LogP contribution in [0.5, 0.6) is 0 Å². The zero-order valence-electron chi connectivity index (χ0n) is 8.79. The highest BCUT2D eigenvalue weighted by molar-refractivity contribution is 5.76. The van der Waals surface area contributed by atoms with Crippen LogP contribution in [0.2, 0.25) is 0 Å². The molecule has 1 aliphatic heterocycles. The number of hydrogen-bond acceptors (Lipinski definition) is 2. The van der Waals surface area contributed by atoms with Gasteiger partial charge in [-0.15, -0.1) is 12.3 Å². The fraction of sp³-hybridized carbons (Fsp3) is 0.727. The van der Waals surface area contributed by atoms with Crippen LogP contribution in [-0.4, -0.2) is 35.1 Å². The van der Waals surface area contributed by atoms with E-state index < -0.39 is 6.10 Å². The van der Waals surface area contributed by atoms with Gasteiger partial charge in [0.2, 0.25) is 5.91 Å². The molecule has 78 valence electrons. The molecule has 1 heterocycles. The molecule has 0 aromatic rings. The zero-order valence-corrected chi connectivity index (χ0v) is 8.79. The lowest BCUT2D eigenvalue weighted by atomic mass is 9.90. The van der Waals surface area contributed by atoms with Gasteiger partial charge in [0.25, 0.3) is 0 Å². The van der Waals surface area contributed by atoms with Gasteiger partial charge in [-0.25, -0.2) is 0 Å². The Labute approximate surface area is 85.1 Å². The molecule has 1 atom stereocenters. The van der Waals surface area contributed by atoms with Crippen molar-refractivity contribution in [2.24, 2.45) is 5.41 Å². The number of hydrogen-bond donors (Lipinski definition) is 1. The average molecular weight is 195 g/mol. The molecule has 3 heteroatoms. The lowest BCUT2D eigenvalue weighted by molar-refractivity contribution is -0.130. The van der Waals surface area contributed by atoms with Gasteiger partial charge in [-0.2, -0.15) is 0 Å². The normalized spacial score (nSPS) is 24.7. The second-order valence-corrected chi connectivity index (χ2v) is 4.48. The maximum absolute atomic E-state index is 11.6. The third-order valence-electron chi connectivity index (χ3n) is 2.73. The van der Waals surface area contributed by atoms with Gasteiger partial charge in [0.15, 0.2) is 0 Å². The summed E-state index contributed by atoms with van der Waals surface area (Å²) in [7, 11) is 0. The Morgan fingerprint density at radius 2 is 2.36 bits per heavy atom. The van der Waals surface area contributed by atoms with E-state index in [-0.39, 0.29) is 11.3 Å². The Morgan fingerprint density at radius 3 is 2.79 bits per heavy atom. The molecule has 0 aliphatic carbocycles. The van der Waals surface area contributed by atoms with E-state index in [0.717, 1.165) is 0 Å². The number of aliphatic hydroxyl groups excluding tert-OH is 1. The van der Waals surface area contributed by atoms with Crippen LogP contribution in [-0.2, 0) is 4.79 Å². The van der Waals surface area contributed by atoms with E-state index in [4.69, 9.17) is 6.42 Å². The van der Waals surface area contributed by atoms with Crippen LogP contribution in [0.25, 0.3) is 0 Å². The first-order valence-corrected chi connectivity index (χ1v) is 4.86. The molecule has 0 bridgehead atoms. The molecular weight excluding hydrogens is 178 g/mol. The van der Waals surface area contributed by atoms with Crippen LogP contribution in [0.4, 0.5) is 0 Å². The molecule has 0 aromatic carbocycles. The number of nitrogens with zero attached hydrogens (tertiary/aromatic N) is 1. The predicted octanol–water partition coefficient (Wildman–Crippen LogP) is 0.629. The van der Waals surface area contributed by atoms with Gasteiger partial charge >= 0.3 is 0 Å². The van der Waals surface area contributed by atoms with E-state index in [9.17, 15) is 9.90 Å². The first kappa shape index (κ1) is 11.1. The summed E-state index contributed by atoms with van der Waals surface area (Å²) >= 11 is 0. The molecule has 1 aliphatic rings. The topological polar surface area (TPSA) is 40.5 Å². The number of β-amino-alcohol motifs (C(OH)–C–C–N with tert-alkyl or cyclic N) is 1. The van der Waals surface area contributed by atoms with E-state index in [1.165, 1.54) is 0 Å². The minimum Gasteiger partial charge on any atom is -0.391 e. The smallest absolute Gasteiger partial charge is 0.223 e. The number of rotatable bonds is 2. The van der Waals surface area contributed by atoms with Gasteiger partial charge in [-0.05, 0) is 0 Å². The zero-order chi connectivity index (χ0) is 10.8. The maximum Gasteiger partial charge on any atom is 0.223 e. The highest BCUT2D eigenvalue weighted by Crippen LogP contribution is 2.29. The second-order valence-electron chi connectivity index (χ2n) is 4.48. The summed E-state index contributed by atoms with van der Waals surface area (Å²) in [4.78, 5) is 13.3. The molecule has 1 amide bonds. The fourth-order valence-electron chi connectivity index (χ4n) is 1.64. The quantitative estimate of drug-likeness (QED) is 0.656. The lowest BCUT2D eigenvalue weighted by Crippen LogP contribution is -2.29. The fourth-order valence-corrected chi connectivity index (χ4v) is 1.64. The molecule has 1 N–H and O–H groups in total. The van der Waals surface area contributed by atoms with Gasteiger partial charge in [0.05, 0.1) is 6.10 Å². The van der Waals surface area contributed by atoms with Crippen molar-refractivity contribution in [2.75, 3.05) is 13.1 Å². The molecule has 0 radical (unpaired) electrons. The van der Waals surface area contributed by atoms with Crippen LogP contribution < -0.4 is 0 Å². The summed E-state index contributed by atoms with van der Waals surface area (Å²) < 4.78 is 0. The monoisotopic (exact) mass is 195 g/mol. The number of terminal acetylenes is 1. The number of carbonyl (C=O) groups excluding carboxylic acids is 1. The molecule has 0 spiro atoms. The highest BCUT2D eigenvalue weighted by atomic mass is 16.3. The van der Waals surface area contributed by atoms with E-state index in [2.05, 4.69) is 5.92 Å². The van der Waals surface area contributed by atoms with Gasteiger partial charge in [-0.1, -0.05) is 13.8 Å². The van der Waals surface area contributed by atoms with Crippen LogP contribution in [0.1, 0.15) is 26.7 Å². The van der Waals surface area contributed by atoms with Gasteiger partial charge < -0.3 is 10.0 Å². The van der Waals surface area contributed by atoms with Gasteiger partial charge in [-0.3, -0.25) is 4.79 Å². The predicted molar refractivity (Wildman–Crippen MR) is 54.4 cm³/mol. The van der Waals surface area contributed by atoms with Crippen molar-refractivity contribution < 1.29 is 9.90 Å². The van der Waals surface area contributed by atoms with Crippen molar-refractivity contribution >= 4 is 5.91 Å². The summed E-state index contributed by atoms with van der Waals surface area (Å²) in [6.45, 7) is 4.99. The second kappa shape index (κ2) is 4.02. The Balaban J connectivity index is 2.50. The largest absolute Gasteiger partial charge is 0.391 e. The van der Waals surface area contributed by atoms with Crippen molar-refractivity contribution in [2.45, 2.75) is 32.8 Å². The first-order valence-electron chi connectivity index (χ1n) is 4.86. The molecule has 0 saturated carbocycles. The summed E-state index contributed by atoms with van der Waals surface area (Å²) in [5.74, 6) is 2.49. The molecule has 14 heavy (non-hydrogen) atoms. The Hall–Kier alpha value is -1.01. The molecular formula is C11H17NO2. The van der Waals surface area contributed by atoms with Gasteiger partial charge in [0.1, 0.15) is 0 Å². The average Bonchev–Trinajstić information content (AvgIpc) is 2.37. The van der Waals surface area contributed by atoms with Crippen molar-refractivity contribution in [1.82, 2.24) is 4.90 Å². The number of carbonyl (C=O) groups is 1. The Bertz CT molecular complexity index is 265. The van der Waals surface area contributed by atoms with E-state index >= 15 is 0 Å². The lowest BCUT2D eigenvalue weighted by Gasteiger charge is -2.20. The summed E-state index contributed by atoms with van der Waals surface area (Å²) in [5.41, 5.74) is -0.189. The van der Waals surface area contributed by atoms with Gasteiger partial charge in [0, 0.05) is 31.3 Å². The standard InChI is InChI=1S/C11H17NO2/c1-4-5-6-10(14)12-7-9(13)11(2,3)8-12/h1,9,13H,5-8H2,2-3H3. The van der Waals surface area contributed by atoms with E-state index in [1.54, 1.807) is 4.90 Å². The van der Waals surface area contributed by atoms with Crippen molar-refractivity contribution in [1.29, 1.82) is 0 Å². The van der Waals surface area contributed by atoms with Crippen LogP contribution in [0.3, 0.4) is 0 Å². The number of aliphatic hydroxyl groups is 1. The van der Waals surface area contributed by atoms with E-state index in [0.29, 0.717) is 25.9 Å². The van der Waals surface area contributed by atoms with Crippen molar-refractivity contribution in [3.05, 3.63) is 0 Å². The van der Waals surface area contributed by atoms with Crippen molar-refractivity contribution in [3.8, 4) is 12.3 Å². The van der Waals surface area contributed by atoms with Crippen LogP contribution in [0.15, 0.2) is 0 Å². The van der Waals surface area contributed by atoms with Crippen LogP contribution >= 0.6 is 0 Å². The summed E-state index contributed by atoms with van der Waals surface area (Å²) in [6.07, 6.45) is 5.53. The number of amides is 1. The SMILES string of the molecule is C#CCCC(=O)N1CC(O)C(C)(C)C1. The minimum atomic E-state index is -0.419. The van der Waals surface area contributed by atoms with Crippen molar-refractivity contribution in [3.63, 3.8) is 0 Å². The first-order chi connectivity index (χ1) is 6.47.